The molecule has 0 saturated carbocycles. The molecule has 2 aromatic carbocycles. The zero-order valence-corrected chi connectivity index (χ0v) is 19.7. The maximum atomic E-state index is 14.0. The van der Waals surface area contributed by atoms with Crippen molar-refractivity contribution in [2.24, 2.45) is 0 Å². The van der Waals surface area contributed by atoms with Crippen LogP contribution < -0.4 is 9.04 Å². The van der Waals surface area contributed by atoms with Crippen molar-refractivity contribution in [3.8, 4) is 16.9 Å². The van der Waals surface area contributed by atoms with Gasteiger partial charge in [0.2, 0.25) is 0 Å². The first kappa shape index (κ1) is 24.4. The van der Waals surface area contributed by atoms with Crippen LogP contribution in [0, 0.1) is 19.7 Å². The number of aryl methyl sites for hydroxylation is 2. The topological polar surface area (TPSA) is 102 Å². The number of rotatable bonds is 8. The van der Waals surface area contributed by atoms with Gasteiger partial charge in [0.15, 0.2) is 5.76 Å². The highest BCUT2D eigenvalue weighted by Gasteiger charge is 2.29. The van der Waals surface area contributed by atoms with Crippen LogP contribution in [0.3, 0.4) is 0 Å². The molecule has 0 aliphatic carbocycles. The van der Waals surface area contributed by atoms with Gasteiger partial charge in [-0.25, -0.2) is 13.4 Å². The highest BCUT2D eigenvalue weighted by molar-refractivity contribution is 7.80. The minimum atomic E-state index is -2.41. The smallest absolute Gasteiger partial charge is 0.338 e. The molecule has 0 radical (unpaired) electrons. The first-order chi connectivity index (χ1) is 15.7. The summed E-state index contributed by atoms with van der Waals surface area (Å²) in [5.74, 6) is -0.328. The zero-order valence-electron chi connectivity index (χ0n) is 18.9. The van der Waals surface area contributed by atoms with E-state index in [4.69, 9.17) is 14.0 Å². The van der Waals surface area contributed by atoms with Crippen molar-refractivity contribution < 1.29 is 31.9 Å². The monoisotopic (exact) mass is 476 g/mol. The molecule has 0 aliphatic heterocycles. The first-order valence-corrected chi connectivity index (χ1v) is 11.2. The molecular weight excluding hydrogens is 451 g/mol. The van der Waals surface area contributed by atoms with E-state index in [1.807, 2.05) is 0 Å². The summed E-state index contributed by atoms with van der Waals surface area (Å²) in [7, 11) is 1.45. The number of hydrogen-bond acceptors (Lipinski definition) is 6. The van der Waals surface area contributed by atoms with Crippen LogP contribution in [0.15, 0.2) is 40.9 Å². The second-order valence-electron chi connectivity index (χ2n) is 7.28. The largest absolute Gasteiger partial charge is 0.496 e. The van der Waals surface area contributed by atoms with Gasteiger partial charge in [-0.05, 0) is 63.1 Å². The van der Waals surface area contributed by atoms with Crippen LogP contribution in [0.5, 0.6) is 5.75 Å². The molecule has 1 N–H and O–H groups in total. The first-order valence-electron chi connectivity index (χ1n) is 10.2. The van der Waals surface area contributed by atoms with Gasteiger partial charge in [-0.2, -0.15) is 0 Å². The number of methoxy groups -OCH3 is 1. The van der Waals surface area contributed by atoms with Gasteiger partial charge < -0.3 is 14.0 Å². The summed E-state index contributed by atoms with van der Waals surface area (Å²) < 4.78 is 53.3. The Morgan fingerprint density at radius 3 is 2.55 bits per heavy atom. The van der Waals surface area contributed by atoms with Crippen LogP contribution in [0.25, 0.3) is 11.1 Å². The van der Waals surface area contributed by atoms with Gasteiger partial charge in [0, 0.05) is 5.56 Å². The van der Waals surface area contributed by atoms with Crippen molar-refractivity contribution in [2.75, 3.05) is 18.0 Å². The fourth-order valence-electron chi connectivity index (χ4n) is 3.66. The van der Waals surface area contributed by atoms with Crippen LogP contribution in [-0.4, -0.2) is 33.6 Å². The highest BCUT2D eigenvalue weighted by atomic mass is 32.2. The lowest BCUT2D eigenvalue weighted by molar-refractivity contribution is 0.0527. The van der Waals surface area contributed by atoms with Crippen molar-refractivity contribution >= 4 is 22.9 Å². The number of anilines is 1. The molecule has 1 heterocycles. The molecule has 1 aromatic heterocycles. The Balaban J connectivity index is 2.17. The van der Waals surface area contributed by atoms with Crippen molar-refractivity contribution in [1.82, 2.24) is 5.16 Å². The number of esters is 1. The SMILES string of the molecule is CCOC(=O)c1cc(C(C)N(c2c(C)noc2C)S(=O)O)ccc1-c1cc(F)ccc1OC. The fraction of sp³-hybridized carbons (Fsp3) is 0.304. The van der Waals surface area contributed by atoms with Crippen LogP contribution >= 0.6 is 0 Å². The summed E-state index contributed by atoms with van der Waals surface area (Å²) in [5.41, 5.74) is 2.36. The summed E-state index contributed by atoms with van der Waals surface area (Å²) in [6, 6.07) is 8.28. The van der Waals surface area contributed by atoms with Crippen LogP contribution in [-0.2, 0) is 16.0 Å². The molecule has 0 saturated heterocycles. The molecule has 0 fully saturated rings. The predicted molar refractivity (Wildman–Crippen MR) is 122 cm³/mol. The van der Waals surface area contributed by atoms with E-state index in [-0.39, 0.29) is 12.2 Å². The van der Waals surface area contributed by atoms with Crippen molar-refractivity contribution in [2.45, 2.75) is 33.7 Å². The number of aromatic nitrogens is 1. The Morgan fingerprint density at radius 1 is 1.24 bits per heavy atom. The third kappa shape index (κ3) is 4.91. The normalized spacial score (nSPS) is 12.8. The summed E-state index contributed by atoms with van der Waals surface area (Å²) in [6.45, 7) is 6.85. The number of carbonyl (C=O) groups excluding carboxylic acids is 1. The average Bonchev–Trinajstić information content (AvgIpc) is 3.11. The third-order valence-corrected chi connectivity index (χ3v) is 6.04. The molecule has 176 valence electrons. The summed E-state index contributed by atoms with van der Waals surface area (Å²) in [6.07, 6.45) is 0. The molecule has 0 spiro atoms. The van der Waals surface area contributed by atoms with Crippen LogP contribution in [0.4, 0.5) is 10.1 Å². The number of carbonyl (C=O) groups is 1. The molecule has 8 nitrogen and oxygen atoms in total. The Hall–Kier alpha value is -3.24. The highest BCUT2D eigenvalue weighted by Crippen LogP contribution is 2.37. The number of nitrogens with zero attached hydrogens (tertiary/aromatic N) is 2. The number of benzene rings is 2. The van der Waals surface area contributed by atoms with E-state index >= 15 is 0 Å². The molecule has 2 unspecified atom stereocenters. The summed E-state index contributed by atoms with van der Waals surface area (Å²) in [5, 5.41) is 3.86. The molecule has 0 amide bonds. The van der Waals surface area contributed by atoms with Gasteiger partial charge in [0.05, 0.1) is 25.3 Å². The molecule has 2 atom stereocenters. The number of ether oxygens (including phenoxy) is 2. The van der Waals surface area contributed by atoms with Gasteiger partial charge in [-0.15, -0.1) is 0 Å². The van der Waals surface area contributed by atoms with Gasteiger partial charge in [-0.1, -0.05) is 17.3 Å². The summed E-state index contributed by atoms with van der Waals surface area (Å²) >= 11 is -2.41. The molecule has 33 heavy (non-hydrogen) atoms. The Kier molecular flexibility index (Phi) is 7.50. The van der Waals surface area contributed by atoms with E-state index in [0.717, 1.165) is 0 Å². The molecule has 0 aliphatic rings. The lowest BCUT2D eigenvalue weighted by Crippen LogP contribution is -2.29. The standard InChI is InChI=1S/C23H25FN2O6S/c1-6-31-23(27)20-11-16(7-9-18(20)19-12-17(24)8-10-21(19)30-5)14(3)26(33(28)29)22-13(2)25-32-15(22)4/h7-12,14H,6H2,1-5H3,(H,28,29). The van der Waals surface area contributed by atoms with E-state index in [0.29, 0.717) is 39.6 Å². The average molecular weight is 477 g/mol. The minimum absolute atomic E-state index is 0.143. The van der Waals surface area contributed by atoms with E-state index < -0.39 is 29.1 Å². The Bertz CT molecular complexity index is 1180. The predicted octanol–water partition coefficient (Wildman–Crippen LogP) is 4.99. The van der Waals surface area contributed by atoms with Gasteiger partial charge in [-0.3, -0.25) is 8.86 Å². The minimum Gasteiger partial charge on any atom is -0.496 e. The van der Waals surface area contributed by atoms with Crippen molar-refractivity contribution in [3.05, 3.63) is 64.8 Å². The van der Waals surface area contributed by atoms with E-state index in [1.54, 1.807) is 45.9 Å². The van der Waals surface area contributed by atoms with Gasteiger partial charge >= 0.3 is 5.97 Å². The van der Waals surface area contributed by atoms with Crippen molar-refractivity contribution in [1.29, 1.82) is 0 Å². The molecule has 10 heteroatoms. The zero-order chi connectivity index (χ0) is 24.3. The number of halogens is 1. The van der Waals surface area contributed by atoms with E-state index in [1.165, 1.54) is 29.6 Å². The fourth-order valence-corrected chi connectivity index (χ4v) is 4.47. The van der Waals surface area contributed by atoms with Crippen LogP contribution in [0.1, 0.15) is 47.3 Å². The maximum absolute atomic E-state index is 14.0. The van der Waals surface area contributed by atoms with Crippen molar-refractivity contribution in [3.63, 3.8) is 0 Å². The van der Waals surface area contributed by atoms with E-state index in [9.17, 15) is 17.9 Å². The Morgan fingerprint density at radius 2 is 1.97 bits per heavy atom. The van der Waals surface area contributed by atoms with Gasteiger partial charge in [0.25, 0.3) is 11.3 Å². The number of hydrogen-bond donors (Lipinski definition) is 1. The van der Waals surface area contributed by atoms with Crippen LogP contribution in [0.2, 0.25) is 0 Å². The molecule has 3 rings (SSSR count). The van der Waals surface area contributed by atoms with Gasteiger partial charge in [0.1, 0.15) is 22.9 Å². The lowest BCUT2D eigenvalue weighted by Gasteiger charge is -2.27. The third-order valence-electron chi connectivity index (χ3n) is 5.21. The van der Waals surface area contributed by atoms with E-state index in [2.05, 4.69) is 5.16 Å². The summed E-state index contributed by atoms with van der Waals surface area (Å²) in [4.78, 5) is 12.8. The quantitative estimate of drug-likeness (QED) is 0.361. The second-order valence-corrected chi connectivity index (χ2v) is 8.13. The molecule has 0 bridgehead atoms. The second kappa shape index (κ2) is 10.1. The lowest BCUT2D eigenvalue weighted by atomic mass is 9.94. The maximum Gasteiger partial charge on any atom is 0.338 e. The Labute approximate surface area is 193 Å². The molecular formula is C23H25FN2O6S. The molecule has 3 aromatic rings.